The minimum Gasteiger partial charge on any atom is -0.312 e. The molecule has 1 heterocycles. The highest BCUT2D eigenvalue weighted by Gasteiger charge is 2.16. The number of rotatable bonds is 6. The quantitative estimate of drug-likeness (QED) is 0.819. The van der Waals surface area contributed by atoms with Gasteiger partial charge in [0, 0.05) is 31.9 Å². The second-order valence-corrected chi connectivity index (χ2v) is 5.23. The third-order valence-electron chi connectivity index (χ3n) is 2.98. The zero-order valence-corrected chi connectivity index (χ0v) is 11.0. The van der Waals surface area contributed by atoms with Gasteiger partial charge in [0.2, 0.25) is 0 Å². The molecule has 1 aromatic heterocycles. The molecular formula is C14H21N3. The van der Waals surface area contributed by atoms with Crippen LogP contribution in [-0.4, -0.2) is 11.5 Å². The number of nitrogens with zero attached hydrogens (tertiary/aromatic N) is 2. The first-order valence-corrected chi connectivity index (χ1v) is 6.02. The van der Waals surface area contributed by atoms with E-state index in [1.54, 1.807) is 0 Å². The van der Waals surface area contributed by atoms with Crippen molar-refractivity contribution in [3.8, 4) is 6.07 Å². The van der Waals surface area contributed by atoms with E-state index in [1.807, 2.05) is 18.5 Å². The molecule has 0 spiro atoms. The molecule has 0 saturated carbocycles. The van der Waals surface area contributed by atoms with Crippen LogP contribution in [0.25, 0.3) is 0 Å². The van der Waals surface area contributed by atoms with E-state index in [4.69, 9.17) is 5.26 Å². The van der Waals surface area contributed by atoms with Crippen molar-refractivity contribution in [3.63, 3.8) is 0 Å². The number of hydrogen-bond acceptors (Lipinski definition) is 3. The average Bonchev–Trinajstić information content (AvgIpc) is 2.29. The number of nitriles is 1. The Hall–Kier alpha value is -1.40. The van der Waals surface area contributed by atoms with Crippen LogP contribution in [0.3, 0.4) is 0 Å². The highest BCUT2D eigenvalue weighted by molar-refractivity contribution is 5.20. The van der Waals surface area contributed by atoms with Crippen LogP contribution in [0, 0.1) is 23.7 Å². The minimum absolute atomic E-state index is 0.172. The standard InChI is InChI=1S/C14H21N3/c1-12-5-8-16-9-13(12)10-17-11-14(2,3)6-4-7-15/h5,8-9,17H,4,6,10-11H2,1-3H3. The highest BCUT2D eigenvalue weighted by atomic mass is 14.9. The molecule has 3 nitrogen and oxygen atoms in total. The van der Waals surface area contributed by atoms with Gasteiger partial charge in [-0.1, -0.05) is 13.8 Å². The summed E-state index contributed by atoms with van der Waals surface area (Å²) in [6, 6.07) is 4.23. The van der Waals surface area contributed by atoms with Gasteiger partial charge >= 0.3 is 0 Å². The molecule has 17 heavy (non-hydrogen) atoms. The summed E-state index contributed by atoms with van der Waals surface area (Å²) in [6.07, 6.45) is 5.28. The lowest BCUT2D eigenvalue weighted by molar-refractivity contribution is 0.317. The molecule has 3 heteroatoms. The summed E-state index contributed by atoms with van der Waals surface area (Å²) in [4.78, 5) is 4.13. The smallest absolute Gasteiger partial charge is 0.0621 e. The molecule has 92 valence electrons. The van der Waals surface area contributed by atoms with Gasteiger partial charge in [0.15, 0.2) is 0 Å². The maximum atomic E-state index is 8.59. The van der Waals surface area contributed by atoms with Crippen molar-refractivity contribution >= 4 is 0 Å². The van der Waals surface area contributed by atoms with Crippen molar-refractivity contribution in [2.75, 3.05) is 6.54 Å². The van der Waals surface area contributed by atoms with E-state index in [0.717, 1.165) is 19.5 Å². The fourth-order valence-corrected chi connectivity index (χ4v) is 1.70. The Kier molecular flexibility index (Phi) is 5.11. The van der Waals surface area contributed by atoms with Gasteiger partial charge in [-0.05, 0) is 36.0 Å². The van der Waals surface area contributed by atoms with E-state index in [2.05, 4.69) is 37.1 Å². The molecule has 0 unspecified atom stereocenters. The molecule has 0 aliphatic carbocycles. The first kappa shape index (κ1) is 13.7. The Morgan fingerprint density at radius 2 is 2.24 bits per heavy atom. The largest absolute Gasteiger partial charge is 0.312 e. The summed E-state index contributed by atoms with van der Waals surface area (Å²) < 4.78 is 0. The topological polar surface area (TPSA) is 48.7 Å². The molecule has 0 amide bonds. The Labute approximate surface area is 104 Å². The lowest BCUT2D eigenvalue weighted by Gasteiger charge is -2.24. The van der Waals surface area contributed by atoms with Crippen molar-refractivity contribution in [2.24, 2.45) is 5.41 Å². The van der Waals surface area contributed by atoms with Gasteiger partial charge < -0.3 is 5.32 Å². The minimum atomic E-state index is 0.172. The molecule has 0 radical (unpaired) electrons. The summed E-state index contributed by atoms with van der Waals surface area (Å²) >= 11 is 0. The van der Waals surface area contributed by atoms with Crippen molar-refractivity contribution in [1.29, 1.82) is 5.26 Å². The maximum Gasteiger partial charge on any atom is 0.0621 e. The molecule has 0 aliphatic heterocycles. The molecular weight excluding hydrogens is 210 g/mol. The Morgan fingerprint density at radius 1 is 1.47 bits per heavy atom. The normalized spacial score (nSPS) is 11.2. The zero-order valence-electron chi connectivity index (χ0n) is 11.0. The van der Waals surface area contributed by atoms with Crippen LogP contribution in [-0.2, 0) is 6.54 Å². The van der Waals surface area contributed by atoms with Crippen LogP contribution in [0.1, 0.15) is 37.8 Å². The molecule has 0 aliphatic rings. The maximum absolute atomic E-state index is 8.59. The van der Waals surface area contributed by atoms with Crippen LogP contribution in [0.15, 0.2) is 18.5 Å². The molecule has 0 saturated heterocycles. The molecule has 0 atom stereocenters. The predicted molar refractivity (Wildman–Crippen MR) is 69.3 cm³/mol. The Morgan fingerprint density at radius 3 is 2.88 bits per heavy atom. The van der Waals surface area contributed by atoms with E-state index in [0.29, 0.717) is 6.42 Å². The Balaban J connectivity index is 2.38. The van der Waals surface area contributed by atoms with Crippen molar-refractivity contribution < 1.29 is 0 Å². The number of pyridine rings is 1. The van der Waals surface area contributed by atoms with Crippen LogP contribution in [0.5, 0.6) is 0 Å². The van der Waals surface area contributed by atoms with Gasteiger partial charge in [0.25, 0.3) is 0 Å². The monoisotopic (exact) mass is 231 g/mol. The number of hydrogen-bond donors (Lipinski definition) is 1. The Bertz CT molecular complexity index is 391. The molecule has 1 rings (SSSR count). The zero-order chi connectivity index (χ0) is 12.7. The van der Waals surface area contributed by atoms with Gasteiger partial charge in [-0.15, -0.1) is 0 Å². The van der Waals surface area contributed by atoms with Crippen LogP contribution < -0.4 is 5.32 Å². The molecule has 0 fully saturated rings. The average molecular weight is 231 g/mol. The fourth-order valence-electron chi connectivity index (χ4n) is 1.70. The lowest BCUT2D eigenvalue weighted by atomic mass is 9.88. The van der Waals surface area contributed by atoms with Crippen LogP contribution >= 0.6 is 0 Å². The number of aromatic nitrogens is 1. The van der Waals surface area contributed by atoms with E-state index in [1.165, 1.54) is 11.1 Å². The first-order valence-electron chi connectivity index (χ1n) is 6.02. The number of aryl methyl sites for hydroxylation is 1. The summed E-state index contributed by atoms with van der Waals surface area (Å²) in [6.45, 7) is 8.24. The van der Waals surface area contributed by atoms with Gasteiger partial charge in [-0.2, -0.15) is 5.26 Å². The van der Waals surface area contributed by atoms with E-state index in [-0.39, 0.29) is 5.41 Å². The summed E-state index contributed by atoms with van der Waals surface area (Å²) in [5, 5.41) is 12.0. The van der Waals surface area contributed by atoms with E-state index < -0.39 is 0 Å². The van der Waals surface area contributed by atoms with Crippen LogP contribution in [0.4, 0.5) is 0 Å². The van der Waals surface area contributed by atoms with E-state index >= 15 is 0 Å². The number of nitrogens with one attached hydrogen (secondary N) is 1. The SMILES string of the molecule is Cc1ccncc1CNCC(C)(C)CCC#N. The third-order valence-corrected chi connectivity index (χ3v) is 2.98. The van der Waals surface area contributed by atoms with Gasteiger partial charge in [-0.3, -0.25) is 4.98 Å². The summed E-state index contributed by atoms with van der Waals surface area (Å²) in [5.41, 5.74) is 2.68. The van der Waals surface area contributed by atoms with Crippen molar-refractivity contribution in [3.05, 3.63) is 29.6 Å². The summed E-state index contributed by atoms with van der Waals surface area (Å²) in [7, 11) is 0. The van der Waals surface area contributed by atoms with Crippen molar-refractivity contribution in [2.45, 2.75) is 40.2 Å². The van der Waals surface area contributed by atoms with Crippen LogP contribution in [0.2, 0.25) is 0 Å². The van der Waals surface area contributed by atoms with Gasteiger partial charge in [-0.25, -0.2) is 0 Å². The van der Waals surface area contributed by atoms with Crippen molar-refractivity contribution in [1.82, 2.24) is 10.3 Å². The molecule has 1 N–H and O–H groups in total. The lowest BCUT2D eigenvalue weighted by Crippen LogP contribution is -2.29. The van der Waals surface area contributed by atoms with Gasteiger partial charge in [0.1, 0.15) is 0 Å². The first-order chi connectivity index (χ1) is 8.05. The summed E-state index contributed by atoms with van der Waals surface area (Å²) in [5.74, 6) is 0. The second kappa shape index (κ2) is 6.36. The third kappa shape index (κ3) is 4.97. The van der Waals surface area contributed by atoms with E-state index in [9.17, 15) is 0 Å². The fraction of sp³-hybridized carbons (Fsp3) is 0.571. The highest BCUT2D eigenvalue weighted by Crippen LogP contribution is 2.20. The molecule has 0 bridgehead atoms. The van der Waals surface area contributed by atoms with Gasteiger partial charge in [0.05, 0.1) is 6.07 Å². The second-order valence-electron chi connectivity index (χ2n) is 5.23. The molecule has 0 aromatic carbocycles. The predicted octanol–water partition coefficient (Wildman–Crippen LogP) is 2.81. The molecule has 1 aromatic rings.